The first-order valence-corrected chi connectivity index (χ1v) is 7.34. The molecule has 1 aromatic carbocycles. The summed E-state index contributed by atoms with van der Waals surface area (Å²) in [7, 11) is 0. The Morgan fingerprint density at radius 2 is 1.85 bits per heavy atom. The number of aliphatic carboxylic acids is 1. The summed E-state index contributed by atoms with van der Waals surface area (Å²) in [4.78, 5) is 23.0. The Balaban J connectivity index is 1.94. The van der Waals surface area contributed by atoms with Crippen LogP contribution in [-0.4, -0.2) is 23.0 Å². The molecule has 0 aliphatic heterocycles. The smallest absolute Gasteiger partial charge is 0.306 e. The van der Waals surface area contributed by atoms with E-state index in [0.717, 1.165) is 4.47 Å². The first-order valence-electron chi connectivity index (χ1n) is 6.55. The summed E-state index contributed by atoms with van der Waals surface area (Å²) in [6.45, 7) is 0. The number of hydrogen-bond acceptors (Lipinski definition) is 3. The summed E-state index contributed by atoms with van der Waals surface area (Å²) in [5, 5.41) is 11.9. The van der Waals surface area contributed by atoms with E-state index in [1.165, 1.54) is 0 Å². The molecule has 0 spiro atoms. The number of carboxylic acids is 1. The van der Waals surface area contributed by atoms with Crippen molar-refractivity contribution in [3.63, 3.8) is 0 Å². The van der Waals surface area contributed by atoms with Gasteiger partial charge in [0, 0.05) is 21.8 Å². The summed E-state index contributed by atoms with van der Waals surface area (Å²) >= 11 is 3.31. The number of nitrogen functional groups attached to an aromatic ring is 1. The first kappa shape index (κ1) is 14.8. The molecule has 6 heteroatoms. The van der Waals surface area contributed by atoms with Gasteiger partial charge in [-0.2, -0.15) is 0 Å². The van der Waals surface area contributed by atoms with E-state index in [2.05, 4.69) is 21.2 Å². The predicted molar refractivity (Wildman–Crippen MR) is 79.4 cm³/mol. The molecule has 2 rings (SSSR count). The summed E-state index contributed by atoms with van der Waals surface area (Å²) < 4.78 is 0.761. The van der Waals surface area contributed by atoms with Crippen LogP contribution in [0.3, 0.4) is 0 Å². The van der Waals surface area contributed by atoms with Crippen LogP contribution in [0, 0.1) is 5.92 Å². The van der Waals surface area contributed by atoms with E-state index >= 15 is 0 Å². The van der Waals surface area contributed by atoms with Gasteiger partial charge in [0.1, 0.15) is 0 Å². The van der Waals surface area contributed by atoms with Crippen molar-refractivity contribution >= 4 is 33.5 Å². The number of benzene rings is 1. The van der Waals surface area contributed by atoms with Gasteiger partial charge < -0.3 is 16.2 Å². The van der Waals surface area contributed by atoms with Crippen molar-refractivity contribution in [2.24, 2.45) is 5.92 Å². The number of carbonyl (C=O) groups excluding carboxylic acids is 1. The molecule has 5 nitrogen and oxygen atoms in total. The van der Waals surface area contributed by atoms with Gasteiger partial charge in [-0.25, -0.2) is 0 Å². The van der Waals surface area contributed by atoms with Gasteiger partial charge in [0.15, 0.2) is 0 Å². The largest absolute Gasteiger partial charge is 0.481 e. The van der Waals surface area contributed by atoms with Crippen LogP contribution < -0.4 is 11.1 Å². The van der Waals surface area contributed by atoms with Gasteiger partial charge in [-0.15, -0.1) is 0 Å². The monoisotopic (exact) mass is 340 g/mol. The fourth-order valence-electron chi connectivity index (χ4n) is 2.50. The first-order chi connectivity index (χ1) is 9.45. The number of carbonyl (C=O) groups is 2. The molecular formula is C14H17BrN2O3. The van der Waals surface area contributed by atoms with Crippen LogP contribution in [0.4, 0.5) is 5.69 Å². The Bertz CT molecular complexity index is 505. The highest BCUT2D eigenvalue weighted by Crippen LogP contribution is 2.25. The average Bonchev–Trinajstić information content (AvgIpc) is 2.38. The van der Waals surface area contributed by atoms with Crippen molar-refractivity contribution < 1.29 is 14.7 Å². The summed E-state index contributed by atoms with van der Waals surface area (Å²) in [5.74, 6) is -1.18. The van der Waals surface area contributed by atoms with Crippen LogP contribution >= 0.6 is 15.9 Å². The Kier molecular flexibility index (Phi) is 4.65. The fourth-order valence-corrected chi connectivity index (χ4v) is 3.01. The SMILES string of the molecule is Nc1cc(Br)cc(C(=O)NC2CCC(C(=O)O)CC2)c1. The quantitative estimate of drug-likeness (QED) is 0.736. The third-order valence-electron chi connectivity index (χ3n) is 3.59. The highest BCUT2D eigenvalue weighted by molar-refractivity contribution is 9.10. The molecule has 0 saturated heterocycles. The minimum Gasteiger partial charge on any atom is -0.481 e. The Morgan fingerprint density at radius 3 is 2.40 bits per heavy atom. The second-order valence-electron chi connectivity index (χ2n) is 5.13. The lowest BCUT2D eigenvalue weighted by Crippen LogP contribution is -2.38. The van der Waals surface area contributed by atoms with Crippen LogP contribution in [-0.2, 0) is 4.79 Å². The van der Waals surface area contributed by atoms with Crippen LogP contribution in [0.1, 0.15) is 36.0 Å². The molecule has 1 amide bonds. The van der Waals surface area contributed by atoms with Crippen molar-refractivity contribution in [3.05, 3.63) is 28.2 Å². The number of nitrogens with one attached hydrogen (secondary N) is 1. The third kappa shape index (κ3) is 3.72. The second kappa shape index (κ2) is 6.26. The average molecular weight is 341 g/mol. The molecule has 108 valence electrons. The van der Waals surface area contributed by atoms with Crippen molar-refractivity contribution in [3.8, 4) is 0 Å². The van der Waals surface area contributed by atoms with Crippen LogP contribution in [0.2, 0.25) is 0 Å². The summed E-state index contributed by atoms with van der Waals surface area (Å²) in [5.41, 5.74) is 6.74. The van der Waals surface area contributed by atoms with Crippen molar-refractivity contribution in [2.75, 3.05) is 5.73 Å². The molecule has 0 atom stereocenters. The molecule has 0 bridgehead atoms. The van der Waals surface area contributed by atoms with Crippen molar-refractivity contribution in [1.82, 2.24) is 5.32 Å². The number of carboxylic acid groups (broad SMARTS) is 1. The minimum absolute atomic E-state index is 0.0401. The number of amides is 1. The van der Waals surface area contributed by atoms with Gasteiger partial charge in [0.25, 0.3) is 5.91 Å². The van der Waals surface area contributed by atoms with Crippen molar-refractivity contribution in [1.29, 1.82) is 0 Å². The van der Waals surface area contributed by atoms with Gasteiger partial charge in [-0.3, -0.25) is 9.59 Å². The lowest BCUT2D eigenvalue weighted by molar-refractivity contribution is -0.142. The van der Waals surface area contributed by atoms with E-state index in [1.54, 1.807) is 18.2 Å². The van der Waals surface area contributed by atoms with Crippen LogP contribution in [0.15, 0.2) is 22.7 Å². The van der Waals surface area contributed by atoms with E-state index in [1.807, 2.05) is 0 Å². The third-order valence-corrected chi connectivity index (χ3v) is 4.05. The van der Waals surface area contributed by atoms with Crippen molar-refractivity contribution in [2.45, 2.75) is 31.7 Å². The molecule has 4 N–H and O–H groups in total. The molecule has 0 unspecified atom stereocenters. The molecule has 0 heterocycles. The van der Waals surface area contributed by atoms with Gasteiger partial charge in [-0.1, -0.05) is 15.9 Å². The number of halogens is 1. The zero-order valence-corrected chi connectivity index (χ0v) is 12.5. The second-order valence-corrected chi connectivity index (χ2v) is 6.05. The molecule has 1 saturated carbocycles. The van der Waals surface area contributed by atoms with E-state index < -0.39 is 5.97 Å². The van der Waals surface area contributed by atoms with Gasteiger partial charge in [-0.05, 0) is 43.9 Å². The molecule has 1 aromatic rings. The molecular weight excluding hydrogens is 324 g/mol. The highest BCUT2D eigenvalue weighted by Gasteiger charge is 2.26. The Labute approximate surface area is 125 Å². The Morgan fingerprint density at radius 1 is 1.20 bits per heavy atom. The topological polar surface area (TPSA) is 92.4 Å². The van der Waals surface area contributed by atoms with Crippen LogP contribution in [0.5, 0.6) is 0 Å². The lowest BCUT2D eigenvalue weighted by atomic mass is 9.86. The summed E-state index contributed by atoms with van der Waals surface area (Å²) in [6, 6.07) is 5.12. The van der Waals surface area contributed by atoms with E-state index in [-0.39, 0.29) is 17.9 Å². The molecule has 1 aliphatic rings. The highest BCUT2D eigenvalue weighted by atomic mass is 79.9. The van der Waals surface area contributed by atoms with Gasteiger partial charge >= 0.3 is 5.97 Å². The predicted octanol–water partition coefficient (Wildman–Crippen LogP) is 2.40. The molecule has 0 radical (unpaired) electrons. The van der Waals surface area contributed by atoms with E-state index in [4.69, 9.17) is 10.8 Å². The molecule has 0 aromatic heterocycles. The molecule has 1 aliphatic carbocycles. The molecule has 20 heavy (non-hydrogen) atoms. The maximum atomic E-state index is 12.1. The normalized spacial score (nSPS) is 22.2. The molecule has 1 fully saturated rings. The van der Waals surface area contributed by atoms with Gasteiger partial charge in [0.2, 0.25) is 0 Å². The number of hydrogen-bond donors (Lipinski definition) is 3. The van der Waals surface area contributed by atoms with E-state index in [0.29, 0.717) is 36.9 Å². The van der Waals surface area contributed by atoms with E-state index in [9.17, 15) is 9.59 Å². The zero-order chi connectivity index (χ0) is 14.7. The lowest BCUT2D eigenvalue weighted by Gasteiger charge is -2.26. The van der Waals surface area contributed by atoms with Crippen LogP contribution in [0.25, 0.3) is 0 Å². The number of rotatable bonds is 3. The zero-order valence-electron chi connectivity index (χ0n) is 10.9. The minimum atomic E-state index is -0.741. The number of anilines is 1. The maximum Gasteiger partial charge on any atom is 0.306 e. The standard InChI is InChI=1S/C14H17BrN2O3/c15-10-5-9(6-11(16)7-10)13(18)17-12-3-1-8(2-4-12)14(19)20/h5-8,12H,1-4,16H2,(H,17,18)(H,19,20). The fraction of sp³-hybridized carbons (Fsp3) is 0.429. The summed E-state index contributed by atoms with van der Waals surface area (Å²) in [6.07, 6.45) is 2.63. The number of nitrogens with two attached hydrogens (primary N) is 1. The van der Waals surface area contributed by atoms with Gasteiger partial charge in [0.05, 0.1) is 5.92 Å². The maximum absolute atomic E-state index is 12.1. The Hall–Kier alpha value is -1.56.